The minimum Gasteiger partial charge on any atom is -0.372 e. The molecule has 0 atom stereocenters. The first-order valence-electron chi connectivity index (χ1n) is 9.87. The molecule has 1 saturated heterocycles. The van der Waals surface area contributed by atoms with E-state index in [-0.39, 0.29) is 5.54 Å². The van der Waals surface area contributed by atoms with Crippen molar-refractivity contribution >= 4 is 45.7 Å². The molecule has 9 heteroatoms. The van der Waals surface area contributed by atoms with Gasteiger partial charge in [-0.2, -0.15) is 4.98 Å². The van der Waals surface area contributed by atoms with E-state index in [2.05, 4.69) is 61.4 Å². The van der Waals surface area contributed by atoms with E-state index in [9.17, 15) is 0 Å². The Labute approximate surface area is 174 Å². The van der Waals surface area contributed by atoms with E-state index in [0.717, 1.165) is 65.9 Å². The number of nitrogens with one attached hydrogen (secondary N) is 3. The van der Waals surface area contributed by atoms with Gasteiger partial charge in [-0.25, -0.2) is 9.97 Å². The number of pyridine rings is 1. The maximum absolute atomic E-state index is 5.49. The summed E-state index contributed by atoms with van der Waals surface area (Å²) >= 11 is 5.49. The molecule has 0 aliphatic carbocycles. The van der Waals surface area contributed by atoms with Crippen molar-refractivity contribution in [2.75, 3.05) is 42.9 Å². The molecule has 3 N–H and O–H groups in total. The summed E-state index contributed by atoms with van der Waals surface area (Å²) in [5.74, 6) is 1.26. The molecule has 3 aromatic rings. The molecule has 1 fully saturated rings. The van der Waals surface area contributed by atoms with Crippen LogP contribution in [0.25, 0.3) is 11.0 Å². The summed E-state index contributed by atoms with van der Waals surface area (Å²) in [5.41, 5.74) is 2.87. The highest BCUT2D eigenvalue weighted by atomic mass is 32.1. The molecule has 150 valence electrons. The van der Waals surface area contributed by atoms with Crippen LogP contribution in [-0.4, -0.2) is 57.2 Å². The molecule has 5 heterocycles. The quantitative estimate of drug-likeness (QED) is 0.568. The van der Waals surface area contributed by atoms with Gasteiger partial charge >= 0.3 is 0 Å². The van der Waals surface area contributed by atoms with E-state index in [1.54, 1.807) is 0 Å². The third-order valence-electron chi connectivity index (χ3n) is 5.53. The zero-order valence-corrected chi connectivity index (χ0v) is 17.4. The molecule has 0 amide bonds. The maximum Gasteiger partial charge on any atom is 0.230 e. The second-order valence-electron chi connectivity index (χ2n) is 8.10. The molecule has 3 aromatic heterocycles. The molecule has 0 radical (unpaired) electrons. The molecule has 5 rings (SSSR count). The van der Waals surface area contributed by atoms with Crippen LogP contribution < -0.4 is 20.9 Å². The summed E-state index contributed by atoms with van der Waals surface area (Å²) in [6.45, 7) is 9.13. The number of hydrogen-bond acceptors (Lipinski definition) is 7. The van der Waals surface area contributed by atoms with E-state index in [4.69, 9.17) is 17.2 Å². The van der Waals surface area contributed by atoms with Crippen LogP contribution in [0.5, 0.6) is 0 Å². The normalized spacial score (nSPS) is 18.4. The number of aromatic nitrogens is 4. The molecule has 8 nitrogen and oxygen atoms in total. The Kier molecular flexibility index (Phi) is 4.36. The first-order valence-corrected chi connectivity index (χ1v) is 10.3. The van der Waals surface area contributed by atoms with E-state index >= 15 is 0 Å². The molecule has 0 unspecified atom stereocenters. The summed E-state index contributed by atoms with van der Waals surface area (Å²) in [5, 5.41) is 10.9. The molecule has 2 aliphatic heterocycles. The molecule has 0 saturated carbocycles. The van der Waals surface area contributed by atoms with Crippen LogP contribution in [0.15, 0.2) is 30.6 Å². The second kappa shape index (κ2) is 6.93. The summed E-state index contributed by atoms with van der Waals surface area (Å²) in [6.07, 6.45) is 3.74. The molecule has 0 bridgehead atoms. The van der Waals surface area contributed by atoms with Gasteiger partial charge in [-0.1, -0.05) is 12.2 Å². The van der Waals surface area contributed by atoms with Gasteiger partial charge in [-0.3, -0.25) is 0 Å². The van der Waals surface area contributed by atoms with E-state index in [1.165, 1.54) is 0 Å². The third-order valence-corrected chi connectivity index (χ3v) is 5.88. The standard InChI is InChI=1S/C20H24N8S/c1-20(2)12-24-18(29)15-9-13-10-23-19(26-17(13)28(15)20)25-16-4-3-14(11-22-16)27-7-5-21-6-8-27/h3-4,9-11,21H,5-8,12H2,1-2H3,(H,24,29)(H,22,23,25,26). The van der Waals surface area contributed by atoms with Crippen LogP contribution in [0.2, 0.25) is 0 Å². The Morgan fingerprint density at radius 1 is 1.14 bits per heavy atom. The molecular weight excluding hydrogens is 384 g/mol. The van der Waals surface area contributed by atoms with Gasteiger partial charge in [-0.15, -0.1) is 0 Å². The zero-order chi connectivity index (χ0) is 20.0. The van der Waals surface area contributed by atoms with Gasteiger partial charge in [0.25, 0.3) is 0 Å². The Morgan fingerprint density at radius 2 is 1.97 bits per heavy atom. The number of rotatable bonds is 3. The lowest BCUT2D eigenvalue weighted by molar-refractivity contribution is 0.348. The van der Waals surface area contributed by atoms with E-state index in [1.807, 2.05) is 18.5 Å². The molecular formula is C20H24N8S. The zero-order valence-electron chi connectivity index (χ0n) is 16.6. The van der Waals surface area contributed by atoms with Gasteiger partial charge in [-0.05, 0) is 32.0 Å². The lowest BCUT2D eigenvalue weighted by Gasteiger charge is -2.35. The van der Waals surface area contributed by atoms with Gasteiger partial charge in [0.05, 0.1) is 23.1 Å². The van der Waals surface area contributed by atoms with Gasteiger partial charge in [0.2, 0.25) is 5.95 Å². The predicted octanol–water partition coefficient (Wildman–Crippen LogP) is 1.99. The highest BCUT2D eigenvalue weighted by Crippen LogP contribution is 2.30. The van der Waals surface area contributed by atoms with Crippen LogP contribution in [-0.2, 0) is 5.54 Å². The molecule has 0 spiro atoms. The number of piperazine rings is 1. The van der Waals surface area contributed by atoms with Crippen molar-refractivity contribution in [1.29, 1.82) is 0 Å². The number of anilines is 3. The lowest BCUT2D eigenvalue weighted by Crippen LogP contribution is -2.47. The van der Waals surface area contributed by atoms with Gasteiger partial charge in [0.1, 0.15) is 16.5 Å². The largest absolute Gasteiger partial charge is 0.372 e. The maximum atomic E-state index is 5.49. The first-order chi connectivity index (χ1) is 14.0. The second-order valence-corrected chi connectivity index (χ2v) is 8.50. The van der Waals surface area contributed by atoms with Gasteiger partial charge in [0, 0.05) is 44.3 Å². The van der Waals surface area contributed by atoms with Crippen molar-refractivity contribution in [3.63, 3.8) is 0 Å². The number of fused-ring (bicyclic) bond motifs is 3. The Bertz CT molecular complexity index is 1070. The Morgan fingerprint density at radius 3 is 2.72 bits per heavy atom. The van der Waals surface area contributed by atoms with Crippen molar-refractivity contribution in [1.82, 2.24) is 30.2 Å². The lowest BCUT2D eigenvalue weighted by atomic mass is 10.0. The average Bonchev–Trinajstić information content (AvgIpc) is 3.13. The summed E-state index contributed by atoms with van der Waals surface area (Å²) in [7, 11) is 0. The molecule has 2 aliphatic rings. The third kappa shape index (κ3) is 3.30. The summed E-state index contributed by atoms with van der Waals surface area (Å²) in [6, 6.07) is 6.11. The minimum atomic E-state index is -0.131. The van der Waals surface area contributed by atoms with Crippen LogP contribution in [0, 0.1) is 0 Å². The van der Waals surface area contributed by atoms with Crippen molar-refractivity contribution in [3.8, 4) is 0 Å². The number of nitrogens with zero attached hydrogens (tertiary/aromatic N) is 5. The highest BCUT2D eigenvalue weighted by Gasteiger charge is 2.31. The van der Waals surface area contributed by atoms with Crippen molar-refractivity contribution in [2.45, 2.75) is 19.4 Å². The summed E-state index contributed by atoms with van der Waals surface area (Å²) in [4.78, 5) is 16.9. The van der Waals surface area contributed by atoms with E-state index in [0.29, 0.717) is 5.95 Å². The SMILES string of the molecule is CC1(C)CNC(=S)c2cc3cnc(Nc4ccc(N5CCNCC5)cn4)nc3n21. The molecule has 0 aromatic carbocycles. The van der Waals surface area contributed by atoms with E-state index < -0.39 is 0 Å². The van der Waals surface area contributed by atoms with Crippen molar-refractivity contribution < 1.29 is 0 Å². The number of thiocarbonyl (C=S) groups is 1. The van der Waals surface area contributed by atoms with Crippen LogP contribution >= 0.6 is 12.2 Å². The highest BCUT2D eigenvalue weighted by molar-refractivity contribution is 7.80. The van der Waals surface area contributed by atoms with Gasteiger partial charge < -0.3 is 25.4 Å². The monoisotopic (exact) mass is 408 g/mol. The Hall–Kier alpha value is -2.78. The van der Waals surface area contributed by atoms with Crippen LogP contribution in [0.3, 0.4) is 0 Å². The average molecular weight is 409 g/mol. The first kappa shape index (κ1) is 18.3. The van der Waals surface area contributed by atoms with Crippen molar-refractivity contribution in [2.24, 2.45) is 0 Å². The van der Waals surface area contributed by atoms with Crippen molar-refractivity contribution in [3.05, 3.63) is 36.3 Å². The number of hydrogen-bond donors (Lipinski definition) is 3. The smallest absolute Gasteiger partial charge is 0.230 e. The Balaban J connectivity index is 1.43. The van der Waals surface area contributed by atoms with Gasteiger partial charge in [0.15, 0.2) is 0 Å². The topological polar surface area (TPSA) is 82.9 Å². The fraction of sp³-hybridized carbons (Fsp3) is 0.400. The fourth-order valence-corrected chi connectivity index (χ4v) is 4.20. The van der Waals surface area contributed by atoms with Crippen LogP contribution in [0.1, 0.15) is 19.5 Å². The predicted molar refractivity (Wildman–Crippen MR) is 119 cm³/mol. The fourth-order valence-electron chi connectivity index (χ4n) is 3.98. The minimum absolute atomic E-state index is 0.131. The molecule has 29 heavy (non-hydrogen) atoms. The summed E-state index contributed by atoms with van der Waals surface area (Å²) < 4.78 is 2.20. The van der Waals surface area contributed by atoms with Crippen LogP contribution in [0.4, 0.5) is 17.5 Å².